The van der Waals surface area contributed by atoms with E-state index in [-0.39, 0.29) is 24.7 Å². The second-order valence-electron chi connectivity index (χ2n) is 1.99. The largest absolute Gasteiger partial charge is 1.00 e. The van der Waals surface area contributed by atoms with Crippen LogP contribution in [-0.2, 0) is 0 Å². The van der Waals surface area contributed by atoms with Gasteiger partial charge in [0, 0.05) is 6.54 Å². The van der Waals surface area contributed by atoms with Crippen LogP contribution in [0.2, 0.25) is 0 Å². The van der Waals surface area contributed by atoms with Gasteiger partial charge in [0.25, 0.3) is 0 Å². The molecular weight excluding hydrogens is 141 g/mol. The third kappa shape index (κ3) is 2.49. The van der Waals surface area contributed by atoms with Gasteiger partial charge in [-0.25, -0.2) is 0 Å². The van der Waals surface area contributed by atoms with Gasteiger partial charge in [-0.2, -0.15) is 12.6 Å². The fourth-order valence-corrected chi connectivity index (χ4v) is 1.06. The van der Waals surface area contributed by atoms with E-state index in [0.717, 1.165) is 12.8 Å². The first-order valence-corrected chi connectivity index (χ1v) is 3.47. The van der Waals surface area contributed by atoms with Crippen molar-refractivity contribution in [3.05, 3.63) is 12.0 Å². The molecule has 1 atom stereocenters. The predicted octanol–water partition coefficient (Wildman–Crippen LogP) is -2.82. The van der Waals surface area contributed by atoms with E-state index in [4.69, 9.17) is 1.37 Å². The Hall–Kier alpha value is 0.287. The molecule has 0 bridgehead atoms. The molecule has 0 aromatic carbocycles. The monoisotopic (exact) mass is 153 g/mol. The zero-order valence-electron chi connectivity index (χ0n) is 7.08. The molecule has 1 rings (SSSR count). The van der Waals surface area contributed by atoms with Crippen molar-refractivity contribution in [3.8, 4) is 0 Å². The van der Waals surface area contributed by atoms with Gasteiger partial charge >= 0.3 is 18.9 Å². The Morgan fingerprint density at radius 2 is 2.60 bits per heavy atom. The quantitative estimate of drug-likeness (QED) is 0.325. The average molecular weight is 153 g/mol. The minimum Gasteiger partial charge on any atom is -0.861 e. The summed E-state index contributed by atoms with van der Waals surface area (Å²) in [5.74, 6) is -0.745. The fraction of sp³-hybridized carbons (Fsp3) is 0.667. The summed E-state index contributed by atoms with van der Waals surface area (Å²) in [7, 11) is 0. The van der Waals surface area contributed by atoms with Gasteiger partial charge in [0.05, 0.1) is 7.22 Å². The van der Waals surface area contributed by atoms with E-state index < -0.39 is 5.85 Å². The maximum Gasteiger partial charge on any atom is 1.00 e. The van der Waals surface area contributed by atoms with Crippen molar-refractivity contribution < 1.29 is 25.3 Å². The Labute approximate surface area is 80.3 Å². The van der Waals surface area contributed by atoms with Crippen LogP contribution >= 0.6 is 12.6 Å². The van der Waals surface area contributed by atoms with Gasteiger partial charge in [-0.05, 0) is 18.7 Å². The maximum absolute atomic E-state index is 10.9. The first-order chi connectivity index (χ1) is 4.72. The van der Waals surface area contributed by atoms with Crippen LogP contribution in [0.1, 0.15) is 14.2 Å². The molecule has 1 heterocycles. The maximum atomic E-state index is 10.9. The summed E-state index contributed by atoms with van der Waals surface area (Å²) in [4.78, 5) is 1.44. The molecule has 0 aromatic heterocycles. The first kappa shape index (κ1) is 8.38. The van der Waals surface area contributed by atoms with Gasteiger partial charge in [0.2, 0.25) is 0 Å². The topological polar surface area (TPSA) is 26.3 Å². The van der Waals surface area contributed by atoms with Gasteiger partial charge in [-0.1, -0.05) is 6.08 Å². The van der Waals surface area contributed by atoms with Crippen LogP contribution < -0.4 is 24.0 Å². The van der Waals surface area contributed by atoms with Crippen molar-refractivity contribution in [2.75, 3.05) is 12.4 Å². The van der Waals surface area contributed by atoms with Crippen molar-refractivity contribution in [2.45, 2.75) is 12.8 Å². The van der Waals surface area contributed by atoms with Crippen molar-refractivity contribution in [1.82, 2.24) is 4.90 Å². The average Bonchev–Trinajstić information content (AvgIpc) is 1.88. The molecule has 0 saturated carbocycles. The van der Waals surface area contributed by atoms with Crippen LogP contribution in [0.25, 0.3) is 0 Å². The SMILES string of the molecule is [3H]C(S)N1CCCC=C1[O-].[Li+]. The molecular formula is C6H10LiNOS. The first-order valence-electron chi connectivity index (χ1n) is 3.53. The number of hydrogen-bond donors (Lipinski definition) is 1. The van der Waals surface area contributed by atoms with Crippen molar-refractivity contribution in [1.29, 1.82) is 0 Å². The molecule has 52 valence electrons. The van der Waals surface area contributed by atoms with Crippen LogP contribution in [0.3, 0.4) is 0 Å². The molecule has 0 aliphatic carbocycles. The van der Waals surface area contributed by atoms with Crippen molar-refractivity contribution in [3.63, 3.8) is 0 Å². The summed E-state index contributed by atoms with van der Waals surface area (Å²) in [6, 6.07) is 0. The van der Waals surface area contributed by atoms with Gasteiger partial charge < -0.3 is 10.0 Å². The number of rotatable bonds is 1. The smallest absolute Gasteiger partial charge is 0.861 e. The fourth-order valence-electron chi connectivity index (χ4n) is 0.829. The summed E-state index contributed by atoms with van der Waals surface area (Å²) >= 11 is 3.85. The Morgan fingerprint density at radius 1 is 1.90 bits per heavy atom. The summed E-state index contributed by atoms with van der Waals surface area (Å²) < 4.78 is 7.15. The number of thiol groups is 1. The van der Waals surface area contributed by atoms with E-state index >= 15 is 0 Å². The van der Waals surface area contributed by atoms with Gasteiger partial charge in [0.15, 0.2) is 0 Å². The van der Waals surface area contributed by atoms with E-state index in [1.54, 1.807) is 6.08 Å². The summed E-state index contributed by atoms with van der Waals surface area (Å²) in [5.41, 5.74) is 0. The molecule has 0 saturated heterocycles. The molecule has 1 aliphatic rings. The third-order valence-corrected chi connectivity index (χ3v) is 1.62. The van der Waals surface area contributed by atoms with Crippen LogP contribution in [0.15, 0.2) is 12.0 Å². The molecule has 2 nitrogen and oxygen atoms in total. The van der Waals surface area contributed by atoms with Gasteiger partial charge in [-0.15, -0.1) is 0 Å². The number of allylic oxidation sites excluding steroid dienone is 1. The standard InChI is InChI=1S/C6H11NOS.Li/c8-6-3-1-2-4-7(6)5-9;/h3,8-9H,1-2,4-5H2;/q;+1/p-1/i5T;. The second kappa shape index (κ2) is 5.01. The molecule has 0 spiro atoms. The minimum absolute atomic E-state index is 0. The normalized spacial score (nSPS) is 22.3. The molecule has 0 N–H and O–H groups in total. The van der Waals surface area contributed by atoms with E-state index in [1.807, 2.05) is 0 Å². The molecule has 0 amide bonds. The third-order valence-electron chi connectivity index (χ3n) is 1.34. The molecule has 0 fully saturated rings. The van der Waals surface area contributed by atoms with E-state index in [9.17, 15) is 5.11 Å². The Balaban J connectivity index is 0.000001000. The zero-order chi connectivity index (χ0) is 7.56. The Kier molecular flexibility index (Phi) is 4.20. The minimum atomic E-state index is -0.691. The van der Waals surface area contributed by atoms with Crippen LogP contribution in [0.5, 0.6) is 0 Å². The van der Waals surface area contributed by atoms with E-state index in [1.165, 1.54) is 4.90 Å². The molecule has 0 aromatic rings. The summed E-state index contributed by atoms with van der Waals surface area (Å²) in [5, 5.41) is 10.9. The van der Waals surface area contributed by atoms with Crippen LogP contribution in [0, 0.1) is 0 Å². The van der Waals surface area contributed by atoms with Gasteiger partial charge in [0.1, 0.15) is 0 Å². The molecule has 1 unspecified atom stereocenters. The van der Waals surface area contributed by atoms with Crippen LogP contribution in [-0.4, -0.2) is 17.3 Å². The van der Waals surface area contributed by atoms with E-state index in [2.05, 4.69) is 12.6 Å². The molecule has 10 heavy (non-hydrogen) atoms. The summed E-state index contributed by atoms with van der Waals surface area (Å²) in [6.07, 6.45) is 3.42. The zero-order valence-corrected chi connectivity index (χ0v) is 6.97. The molecule has 0 radical (unpaired) electrons. The number of nitrogens with zero attached hydrogens (tertiary/aromatic N) is 1. The van der Waals surface area contributed by atoms with Crippen molar-refractivity contribution in [2.24, 2.45) is 0 Å². The molecule has 4 heteroatoms. The van der Waals surface area contributed by atoms with Crippen molar-refractivity contribution >= 4 is 12.6 Å². The van der Waals surface area contributed by atoms with Gasteiger partial charge in [-0.3, -0.25) is 0 Å². The Bertz CT molecular complexity index is 154. The summed E-state index contributed by atoms with van der Waals surface area (Å²) in [6.45, 7) is 0.674. The predicted molar refractivity (Wildman–Crippen MR) is 37.9 cm³/mol. The Morgan fingerprint density at radius 3 is 3.00 bits per heavy atom. The van der Waals surface area contributed by atoms with Crippen LogP contribution in [0.4, 0.5) is 0 Å². The number of hydrogen-bond acceptors (Lipinski definition) is 3. The molecule has 1 aliphatic heterocycles. The second-order valence-corrected chi connectivity index (χ2v) is 2.22. The van der Waals surface area contributed by atoms with E-state index in [0.29, 0.717) is 6.54 Å².